The number of fused-ring (bicyclic) bond motifs is 11. The van der Waals surface area contributed by atoms with Crippen LogP contribution in [0.25, 0.3) is 98.9 Å². The average Bonchev–Trinajstić information content (AvgIpc) is 3.95. The highest BCUT2D eigenvalue weighted by molar-refractivity contribution is 6.18. The summed E-state index contributed by atoms with van der Waals surface area (Å²) in [6, 6.07) is 62.5. The number of hydrogen-bond donors (Lipinski definition) is 0. The van der Waals surface area contributed by atoms with Crippen LogP contribution in [0.2, 0.25) is 0 Å². The third-order valence-electron chi connectivity index (χ3n) is 13.0. The standard InChI is InChI=1S/C54H40N4/c1-33-35(3)55(39-23-29-51-47(31-39)43-19-11-13-21-49(43)57(51)37-15-7-5-8-16-37)53-41(33)25-27-46-45(53)28-26-42-34(2)36(4)56(54(42)46)40-24-30-52-48(32-40)44-20-12-14-22-50(44)58(52)38-17-9-6-10-18-38/h5-32H,1-4H3. The third-order valence-corrected chi connectivity index (χ3v) is 13.0. The lowest BCUT2D eigenvalue weighted by Gasteiger charge is -2.14. The Morgan fingerprint density at radius 2 is 0.621 bits per heavy atom. The normalized spacial score (nSPS) is 12.1. The van der Waals surface area contributed by atoms with Crippen molar-refractivity contribution in [2.24, 2.45) is 0 Å². The van der Waals surface area contributed by atoms with Gasteiger partial charge in [0.2, 0.25) is 0 Å². The Labute approximate surface area is 336 Å². The zero-order valence-corrected chi connectivity index (χ0v) is 33.0. The Kier molecular flexibility index (Phi) is 6.86. The second kappa shape index (κ2) is 12.1. The van der Waals surface area contributed by atoms with E-state index in [-0.39, 0.29) is 0 Å². The van der Waals surface area contributed by atoms with Crippen molar-refractivity contribution in [2.45, 2.75) is 27.7 Å². The lowest BCUT2D eigenvalue weighted by Crippen LogP contribution is -1.99. The van der Waals surface area contributed by atoms with Crippen LogP contribution in [0.15, 0.2) is 170 Å². The molecule has 0 N–H and O–H groups in total. The van der Waals surface area contributed by atoms with E-state index in [1.54, 1.807) is 0 Å². The quantitative estimate of drug-likeness (QED) is 0.171. The Morgan fingerprint density at radius 3 is 1.05 bits per heavy atom. The molecular formula is C54H40N4. The summed E-state index contributed by atoms with van der Waals surface area (Å²) in [5.74, 6) is 0. The molecule has 0 bridgehead atoms. The monoisotopic (exact) mass is 744 g/mol. The summed E-state index contributed by atoms with van der Waals surface area (Å²) in [6.45, 7) is 9.09. The van der Waals surface area contributed by atoms with Crippen LogP contribution in [0.3, 0.4) is 0 Å². The van der Waals surface area contributed by atoms with Crippen molar-refractivity contribution in [3.05, 3.63) is 192 Å². The zero-order valence-electron chi connectivity index (χ0n) is 33.0. The van der Waals surface area contributed by atoms with Crippen molar-refractivity contribution in [3.8, 4) is 22.7 Å². The van der Waals surface area contributed by atoms with Crippen molar-refractivity contribution >= 4 is 76.2 Å². The van der Waals surface area contributed by atoms with Crippen LogP contribution in [-0.4, -0.2) is 18.3 Å². The van der Waals surface area contributed by atoms with E-state index in [1.807, 2.05) is 0 Å². The van der Waals surface area contributed by atoms with E-state index in [9.17, 15) is 0 Å². The van der Waals surface area contributed by atoms with Crippen molar-refractivity contribution in [1.82, 2.24) is 18.3 Å². The molecule has 0 fully saturated rings. The zero-order chi connectivity index (χ0) is 38.8. The third kappa shape index (κ3) is 4.40. The average molecular weight is 745 g/mol. The molecule has 0 aliphatic carbocycles. The summed E-state index contributed by atoms with van der Waals surface area (Å²) < 4.78 is 9.79. The van der Waals surface area contributed by atoms with Gasteiger partial charge in [-0.2, -0.15) is 0 Å². The van der Waals surface area contributed by atoms with E-state index in [0.717, 1.165) is 0 Å². The molecule has 0 aliphatic rings. The van der Waals surface area contributed by atoms with Crippen molar-refractivity contribution in [3.63, 3.8) is 0 Å². The molecule has 12 rings (SSSR count). The number of para-hydroxylation sites is 4. The first-order valence-corrected chi connectivity index (χ1v) is 20.2. The minimum absolute atomic E-state index is 1.17. The van der Waals surface area contributed by atoms with Crippen LogP contribution in [0.1, 0.15) is 22.5 Å². The predicted molar refractivity (Wildman–Crippen MR) is 245 cm³/mol. The van der Waals surface area contributed by atoms with E-state index < -0.39 is 0 Å². The first-order valence-electron chi connectivity index (χ1n) is 20.2. The maximum Gasteiger partial charge on any atom is 0.0613 e. The van der Waals surface area contributed by atoms with Gasteiger partial charge in [-0.05, 0) is 112 Å². The molecular weight excluding hydrogens is 705 g/mol. The van der Waals surface area contributed by atoms with Crippen LogP contribution in [0.4, 0.5) is 0 Å². The highest BCUT2D eigenvalue weighted by atomic mass is 15.0. The van der Waals surface area contributed by atoms with Crippen molar-refractivity contribution < 1.29 is 0 Å². The number of nitrogens with zero attached hydrogens (tertiary/aromatic N) is 4. The van der Waals surface area contributed by atoms with Gasteiger partial charge < -0.3 is 18.3 Å². The Bertz CT molecular complexity index is 3400. The fourth-order valence-corrected chi connectivity index (χ4v) is 10.1. The topological polar surface area (TPSA) is 19.7 Å². The number of benzene rings is 8. The lowest BCUT2D eigenvalue weighted by atomic mass is 10.0. The number of aryl methyl sites for hydroxylation is 2. The van der Waals surface area contributed by atoms with E-state index in [4.69, 9.17) is 0 Å². The highest BCUT2D eigenvalue weighted by Gasteiger charge is 2.22. The van der Waals surface area contributed by atoms with Gasteiger partial charge in [0.05, 0.1) is 33.1 Å². The predicted octanol–water partition coefficient (Wildman–Crippen LogP) is 14.2. The largest absolute Gasteiger partial charge is 0.313 e. The molecule has 0 spiro atoms. The molecule has 0 atom stereocenters. The second-order valence-electron chi connectivity index (χ2n) is 15.9. The van der Waals surface area contributed by atoms with Crippen molar-refractivity contribution in [2.75, 3.05) is 0 Å². The molecule has 58 heavy (non-hydrogen) atoms. The molecule has 276 valence electrons. The summed E-state index contributed by atoms with van der Waals surface area (Å²) in [5.41, 5.74) is 17.2. The second-order valence-corrected chi connectivity index (χ2v) is 15.9. The van der Waals surface area contributed by atoms with E-state index >= 15 is 0 Å². The minimum Gasteiger partial charge on any atom is -0.313 e. The van der Waals surface area contributed by atoms with Crippen LogP contribution < -0.4 is 0 Å². The van der Waals surface area contributed by atoms with Crippen LogP contribution in [0.5, 0.6) is 0 Å². The molecule has 0 amide bonds. The Hall–Kier alpha value is -7.30. The number of hydrogen-bond acceptors (Lipinski definition) is 0. The van der Waals surface area contributed by atoms with Crippen LogP contribution in [-0.2, 0) is 0 Å². The Morgan fingerprint density at radius 1 is 0.259 bits per heavy atom. The van der Waals surface area contributed by atoms with Crippen LogP contribution >= 0.6 is 0 Å². The molecule has 0 unspecified atom stereocenters. The molecule has 8 aromatic carbocycles. The molecule has 0 saturated heterocycles. The maximum absolute atomic E-state index is 2.50. The van der Waals surface area contributed by atoms with E-state index in [2.05, 4.69) is 216 Å². The van der Waals surface area contributed by atoms with Gasteiger partial charge in [0.25, 0.3) is 0 Å². The molecule has 4 nitrogen and oxygen atoms in total. The minimum atomic E-state index is 1.17. The first-order chi connectivity index (χ1) is 28.5. The fourth-order valence-electron chi connectivity index (χ4n) is 10.1. The summed E-state index contributed by atoms with van der Waals surface area (Å²) in [5, 5.41) is 10.1. The van der Waals surface area contributed by atoms with Gasteiger partial charge in [-0.25, -0.2) is 0 Å². The van der Waals surface area contributed by atoms with Gasteiger partial charge in [-0.1, -0.05) is 97.1 Å². The highest BCUT2D eigenvalue weighted by Crippen LogP contribution is 2.42. The van der Waals surface area contributed by atoms with E-state index in [0.29, 0.717) is 0 Å². The molecule has 4 heterocycles. The summed E-state index contributed by atoms with van der Waals surface area (Å²) in [6.07, 6.45) is 0. The SMILES string of the molecule is Cc1c(C)n(-c2ccc3c(c2)c2ccccc2n3-c2ccccc2)c2c1ccc1c2ccc2c(C)c(C)n(-c3ccc4c(c3)c3ccccc3n4-c3ccccc3)c21. The smallest absolute Gasteiger partial charge is 0.0613 e. The van der Waals surface area contributed by atoms with Gasteiger partial charge in [0, 0.05) is 77.2 Å². The summed E-state index contributed by atoms with van der Waals surface area (Å²) in [7, 11) is 0. The fraction of sp³-hybridized carbons (Fsp3) is 0.0741. The molecule has 0 saturated carbocycles. The molecule has 0 aliphatic heterocycles. The molecule has 12 aromatic rings. The van der Waals surface area contributed by atoms with Gasteiger partial charge in [0.1, 0.15) is 0 Å². The number of aromatic nitrogens is 4. The molecule has 0 radical (unpaired) electrons. The van der Waals surface area contributed by atoms with Crippen LogP contribution in [0, 0.1) is 27.7 Å². The van der Waals surface area contributed by atoms with Crippen molar-refractivity contribution in [1.29, 1.82) is 0 Å². The maximum atomic E-state index is 2.50. The van der Waals surface area contributed by atoms with Gasteiger partial charge in [-0.15, -0.1) is 0 Å². The first kappa shape index (κ1) is 32.9. The van der Waals surface area contributed by atoms with Gasteiger partial charge in [0.15, 0.2) is 0 Å². The lowest BCUT2D eigenvalue weighted by molar-refractivity contribution is 1.04. The summed E-state index contributed by atoms with van der Waals surface area (Å²) >= 11 is 0. The molecule has 4 aromatic heterocycles. The van der Waals surface area contributed by atoms with Gasteiger partial charge >= 0.3 is 0 Å². The Balaban J connectivity index is 1.11. The molecule has 4 heteroatoms. The number of rotatable bonds is 4. The van der Waals surface area contributed by atoms with Gasteiger partial charge in [-0.3, -0.25) is 0 Å². The summed E-state index contributed by atoms with van der Waals surface area (Å²) in [4.78, 5) is 0. The van der Waals surface area contributed by atoms with E-state index in [1.165, 1.54) is 121 Å².